The van der Waals surface area contributed by atoms with E-state index in [1.807, 2.05) is 0 Å². The Morgan fingerprint density at radius 3 is 2.60 bits per heavy atom. The topological polar surface area (TPSA) is 55.1 Å². The molecule has 0 atom stereocenters. The number of nitrogen functional groups attached to an aromatic ring is 1. The fourth-order valence-corrected chi connectivity index (χ4v) is 2.07. The lowest BCUT2D eigenvalue weighted by Crippen LogP contribution is -2.16. The lowest BCUT2D eigenvalue weighted by molar-refractivity contribution is 0.102. The third-order valence-corrected chi connectivity index (χ3v) is 3.27. The second kappa shape index (κ2) is 5.58. The summed E-state index contributed by atoms with van der Waals surface area (Å²) >= 11 is 3.21. The van der Waals surface area contributed by atoms with Crippen LogP contribution in [0.3, 0.4) is 0 Å². The van der Waals surface area contributed by atoms with Crippen molar-refractivity contribution in [1.29, 1.82) is 0 Å². The molecule has 6 heteroatoms. The molecule has 0 radical (unpaired) electrons. The molecule has 0 saturated heterocycles. The van der Waals surface area contributed by atoms with Gasteiger partial charge in [-0.3, -0.25) is 4.79 Å². The molecule has 0 aliphatic carbocycles. The van der Waals surface area contributed by atoms with E-state index in [0.717, 1.165) is 6.07 Å². The number of rotatable bonds is 2. The molecule has 0 bridgehead atoms. The Morgan fingerprint density at radius 1 is 1.25 bits per heavy atom. The van der Waals surface area contributed by atoms with Crippen molar-refractivity contribution in [3.8, 4) is 0 Å². The van der Waals surface area contributed by atoms with Gasteiger partial charge < -0.3 is 11.1 Å². The predicted molar refractivity (Wildman–Crippen MR) is 77.6 cm³/mol. The van der Waals surface area contributed by atoms with Crippen molar-refractivity contribution in [2.75, 3.05) is 11.1 Å². The highest BCUT2D eigenvalue weighted by Gasteiger charge is 2.17. The molecule has 0 aliphatic rings. The lowest BCUT2D eigenvalue weighted by Gasteiger charge is -2.10. The minimum atomic E-state index is -0.836. The number of nitrogens with one attached hydrogen (secondary N) is 1. The van der Waals surface area contributed by atoms with Gasteiger partial charge in [0.1, 0.15) is 11.5 Å². The lowest BCUT2D eigenvalue weighted by atomic mass is 10.1. The number of carbonyl (C=O) groups is 1. The Morgan fingerprint density at radius 2 is 1.95 bits per heavy atom. The Kier molecular flexibility index (Phi) is 4.04. The highest BCUT2D eigenvalue weighted by molar-refractivity contribution is 9.10. The predicted octanol–water partition coefficient (Wildman–Crippen LogP) is 3.87. The zero-order valence-corrected chi connectivity index (χ0v) is 12.1. The minimum Gasteiger partial charge on any atom is -0.398 e. The van der Waals surface area contributed by atoms with Gasteiger partial charge in [0.25, 0.3) is 5.91 Å². The summed E-state index contributed by atoms with van der Waals surface area (Å²) in [4.78, 5) is 12.0. The molecule has 104 valence electrons. The fourth-order valence-electron chi connectivity index (χ4n) is 1.69. The Hall–Kier alpha value is -1.95. The molecule has 1 amide bonds. The third-order valence-electron chi connectivity index (χ3n) is 2.78. The van der Waals surface area contributed by atoms with Crippen molar-refractivity contribution in [2.45, 2.75) is 6.92 Å². The molecule has 0 heterocycles. The number of halogens is 3. The smallest absolute Gasteiger partial charge is 0.257 e. The highest BCUT2D eigenvalue weighted by Crippen LogP contribution is 2.24. The van der Waals surface area contributed by atoms with Crippen molar-refractivity contribution in [1.82, 2.24) is 0 Å². The van der Waals surface area contributed by atoms with Crippen LogP contribution in [0.4, 0.5) is 20.2 Å². The van der Waals surface area contributed by atoms with Crippen LogP contribution in [-0.4, -0.2) is 5.91 Å². The van der Waals surface area contributed by atoms with Gasteiger partial charge in [-0.25, -0.2) is 8.78 Å². The third kappa shape index (κ3) is 2.80. The monoisotopic (exact) mass is 340 g/mol. The number of anilines is 2. The Bertz CT molecular complexity index is 689. The minimum absolute atomic E-state index is 0.147. The maximum atomic E-state index is 13.8. The second-order valence-electron chi connectivity index (χ2n) is 4.24. The van der Waals surface area contributed by atoms with Gasteiger partial charge >= 0.3 is 0 Å². The molecule has 0 aromatic heterocycles. The summed E-state index contributed by atoms with van der Waals surface area (Å²) in [7, 11) is 0. The SMILES string of the molecule is Cc1ccc(F)c(NC(=O)c2ccc(Br)cc2N)c1F. The molecule has 2 aromatic carbocycles. The van der Waals surface area contributed by atoms with Crippen molar-refractivity contribution < 1.29 is 13.6 Å². The van der Waals surface area contributed by atoms with Gasteiger partial charge in [-0.1, -0.05) is 22.0 Å². The van der Waals surface area contributed by atoms with E-state index in [1.165, 1.54) is 25.1 Å². The molecular formula is C14H11BrF2N2O. The first-order valence-electron chi connectivity index (χ1n) is 5.71. The first-order valence-corrected chi connectivity index (χ1v) is 6.50. The summed E-state index contributed by atoms with van der Waals surface area (Å²) in [6.07, 6.45) is 0. The fraction of sp³-hybridized carbons (Fsp3) is 0.0714. The average Bonchev–Trinajstić information content (AvgIpc) is 2.39. The molecule has 0 unspecified atom stereocenters. The second-order valence-corrected chi connectivity index (χ2v) is 5.15. The zero-order valence-electron chi connectivity index (χ0n) is 10.5. The van der Waals surface area contributed by atoms with Crippen molar-refractivity contribution in [3.05, 3.63) is 57.6 Å². The zero-order chi connectivity index (χ0) is 14.9. The average molecular weight is 341 g/mol. The quantitative estimate of drug-likeness (QED) is 0.815. The molecule has 2 rings (SSSR count). The summed E-state index contributed by atoms with van der Waals surface area (Å²) in [5.74, 6) is -2.30. The first-order chi connectivity index (χ1) is 9.40. The van der Waals surface area contributed by atoms with Crippen LogP contribution >= 0.6 is 15.9 Å². The molecular weight excluding hydrogens is 330 g/mol. The maximum Gasteiger partial charge on any atom is 0.257 e. The van der Waals surface area contributed by atoms with Crippen LogP contribution in [0, 0.1) is 18.6 Å². The van der Waals surface area contributed by atoms with Crippen molar-refractivity contribution in [2.24, 2.45) is 0 Å². The highest BCUT2D eigenvalue weighted by atomic mass is 79.9. The van der Waals surface area contributed by atoms with Gasteiger partial charge in [0.2, 0.25) is 0 Å². The van der Waals surface area contributed by atoms with Gasteiger partial charge in [0.05, 0.1) is 5.56 Å². The van der Waals surface area contributed by atoms with E-state index in [1.54, 1.807) is 6.07 Å². The number of hydrogen-bond acceptors (Lipinski definition) is 2. The van der Waals surface area contributed by atoms with Gasteiger partial charge in [0.15, 0.2) is 5.82 Å². The molecule has 0 fully saturated rings. The summed E-state index contributed by atoms with van der Waals surface area (Å²) in [6.45, 7) is 1.48. The normalized spacial score (nSPS) is 10.4. The van der Waals surface area contributed by atoms with Crippen LogP contribution in [0.25, 0.3) is 0 Å². The summed E-state index contributed by atoms with van der Waals surface area (Å²) in [5.41, 5.74) is 5.83. The van der Waals surface area contributed by atoms with E-state index in [0.29, 0.717) is 4.47 Å². The Labute approximate surface area is 122 Å². The van der Waals surface area contributed by atoms with Crippen LogP contribution in [0.2, 0.25) is 0 Å². The maximum absolute atomic E-state index is 13.8. The van der Waals surface area contributed by atoms with Gasteiger partial charge in [-0.05, 0) is 36.8 Å². The number of aryl methyl sites for hydroxylation is 1. The number of carbonyl (C=O) groups excluding carboxylic acids is 1. The Balaban J connectivity index is 2.35. The molecule has 20 heavy (non-hydrogen) atoms. The van der Waals surface area contributed by atoms with Crippen molar-refractivity contribution >= 4 is 33.2 Å². The molecule has 0 aliphatic heterocycles. The van der Waals surface area contributed by atoms with Crippen LogP contribution in [0.15, 0.2) is 34.8 Å². The number of benzene rings is 2. The standard InChI is InChI=1S/C14H11BrF2N2O/c1-7-2-5-10(16)13(12(7)17)19-14(20)9-4-3-8(15)6-11(9)18/h2-6H,18H2,1H3,(H,19,20). The van der Waals surface area contributed by atoms with E-state index in [9.17, 15) is 13.6 Å². The number of hydrogen-bond donors (Lipinski definition) is 2. The van der Waals surface area contributed by atoms with E-state index < -0.39 is 23.2 Å². The van der Waals surface area contributed by atoms with Crippen LogP contribution in [-0.2, 0) is 0 Å². The molecule has 0 saturated carbocycles. The van der Waals surface area contributed by atoms with E-state index in [-0.39, 0.29) is 16.8 Å². The van der Waals surface area contributed by atoms with Gasteiger partial charge in [-0.2, -0.15) is 0 Å². The van der Waals surface area contributed by atoms with Gasteiger partial charge in [0, 0.05) is 10.2 Å². The molecule has 3 nitrogen and oxygen atoms in total. The summed E-state index contributed by atoms with van der Waals surface area (Å²) in [5, 5.41) is 2.21. The van der Waals surface area contributed by atoms with Crippen LogP contribution in [0.5, 0.6) is 0 Å². The van der Waals surface area contributed by atoms with Crippen LogP contribution in [0.1, 0.15) is 15.9 Å². The van der Waals surface area contributed by atoms with Crippen LogP contribution < -0.4 is 11.1 Å². The van der Waals surface area contributed by atoms with Crippen molar-refractivity contribution in [3.63, 3.8) is 0 Å². The number of nitrogens with two attached hydrogens (primary N) is 1. The van der Waals surface area contributed by atoms with Gasteiger partial charge in [-0.15, -0.1) is 0 Å². The first kappa shape index (κ1) is 14.5. The van der Waals surface area contributed by atoms with E-state index >= 15 is 0 Å². The van der Waals surface area contributed by atoms with E-state index in [2.05, 4.69) is 21.2 Å². The number of amides is 1. The molecule has 3 N–H and O–H groups in total. The summed E-state index contributed by atoms with van der Waals surface area (Å²) < 4.78 is 28.1. The van der Waals surface area contributed by atoms with E-state index in [4.69, 9.17) is 5.73 Å². The largest absolute Gasteiger partial charge is 0.398 e. The summed E-state index contributed by atoms with van der Waals surface area (Å²) in [6, 6.07) is 7.03. The molecule has 2 aromatic rings. The molecule has 0 spiro atoms.